The quantitative estimate of drug-likeness (QED) is 0.409. The number of methoxy groups -OCH3 is 2. The van der Waals surface area contributed by atoms with Crippen molar-refractivity contribution in [2.75, 3.05) is 14.2 Å². The Hall–Kier alpha value is -4.26. The predicted octanol–water partition coefficient (Wildman–Crippen LogP) is 4.46. The monoisotopic (exact) mass is 457 g/mol. The third-order valence-corrected chi connectivity index (χ3v) is 5.60. The molecule has 0 aliphatic carbocycles. The molecular formula is C27H27N3O4. The minimum Gasteiger partial charge on any atom is -0.497 e. The number of hydrogen-bond acceptors (Lipinski definition) is 4. The van der Waals surface area contributed by atoms with Gasteiger partial charge in [-0.25, -0.2) is 4.79 Å². The number of nitrogens with one attached hydrogen (secondary N) is 2. The van der Waals surface area contributed by atoms with Gasteiger partial charge in [0.25, 0.3) is 5.56 Å². The molecule has 0 radical (unpaired) electrons. The lowest BCUT2D eigenvalue weighted by atomic mass is 10.1. The van der Waals surface area contributed by atoms with Gasteiger partial charge in [0.1, 0.15) is 11.5 Å². The highest BCUT2D eigenvalue weighted by Crippen LogP contribution is 2.20. The molecule has 1 heterocycles. The van der Waals surface area contributed by atoms with Crippen molar-refractivity contribution in [2.24, 2.45) is 0 Å². The average molecular weight is 458 g/mol. The van der Waals surface area contributed by atoms with Crippen molar-refractivity contribution in [3.05, 3.63) is 106 Å². The van der Waals surface area contributed by atoms with Gasteiger partial charge in [-0.2, -0.15) is 0 Å². The Kier molecular flexibility index (Phi) is 7.13. The van der Waals surface area contributed by atoms with Crippen LogP contribution in [0.1, 0.15) is 16.7 Å². The van der Waals surface area contributed by atoms with E-state index in [2.05, 4.69) is 10.3 Å². The van der Waals surface area contributed by atoms with E-state index < -0.39 is 0 Å². The molecule has 2 N–H and O–H groups in total. The van der Waals surface area contributed by atoms with Crippen molar-refractivity contribution < 1.29 is 14.3 Å². The van der Waals surface area contributed by atoms with Crippen molar-refractivity contribution in [3.8, 4) is 11.5 Å². The fraction of sp³-hybridized carbons (Fsp3) is 0.185. The number of carbonyl (C=O) groups is 1. The summed E-state index contributed by atoms with van der Waals surface area (Å²) in [5, 5.41) is 3.83. The Morgan fingerprint density at radius 1 is 0.853 bits per heavy atom. The summed E-state index contributed by atoms with van der Waals surface area (Å²) < 4.78 is 10.5. The Bertz CT molecular complexity index is 1320. The maximum Gasteiger partial charge on any atom is 0.318 e. The van der Waals surface area contributed by atoms with E-state index in [1.54, 1.807) is 25.2 Å². The van der Waals surface area contributed by atoms with Gasteiger partial charge in [0, 0.05) is 24.7 Å². The standard InChI is InChI=1S/C27H27N3O4/c1-33-23-11-8-20(9-12-23)17-30(27(32)28-16-19-6-4-3-5-7-19)18-22-14-21-10-13-24(34-2)15-25(21)29-26(22)31/h3-15H,16-18H2,1-2H3,(H,28,32)(H,29,31). The molecule has 174 valence electrons. The van der Waals surface area contributed by atoms with Crippen LogP contribution in [0.15, 0.2) is 83.7 Å². The number of pyridine rings is 1. The topological polar surface area (TPSA) is 83.7 Å². The van der Waals surface area contributed by atoms with Crippen LogP contribution >= 0.6 is 0 Å². The first-order valence-electron chi connectivity index (χ1n) is 11.0. The summed E-state index contributed by atoms with van der Waals surface area (Å²) in [6.45, 7) is 0.890. The Balaban J connectivity index is 1.59. The normalized spacial score (nSPS) is 10.6. The molecule has 7 nitrogen and oxygen atoms in total. The molecule has 2 amide bonds. The molecule has 4 rings (SSSR count). The number of H-pyrrole nitrogens is 1. The molecule has 0 saturated carbocycles. The number of aromatic nitrogens is 1. The number of carbonyl (C=O) groups excluding carboxylic acids is 1. The number of benzene rings is 3. The molecule has 0 spiro atoms. The van der Waals surface area contributed by atoms with E-state index in [1.165, 1.54) is 0 Å². The lowest BCUT2D eigenvalue weighted by molar-refractivity contribution is 0.191. The van der Waals surface area contributed by atoms with Gasteiger partial charge in [0.05, 0.1) is 26.3 Å². The molecule has 0 aliphatic heterocycles. The van der Waals surface area contributed by atoms with Crippen LogP contribution in [0, 0.1) is 0 Å². The number of fused-ring (bicyclic) bond motifs is 1. The first kappa shape index (κ1) is 22.9. The number of hydrogen-bond donors (Lipinski definition) is 2. The first-order chi connectivity index (χ1) is 16.6. The molecule has 3 aromatic carbocycles. The highest BCUT2D eigenvalue weighted by atomic mass is 16.5. The lowest BCUT2D eigenvalue weighted by Gasteiger charge is -2.23. The fourth-order valence-corrected chi connectivity index (χ4v) is 3.71. The van der Waals surface area contributed by atoms with Crippen LogP contribution in [0.3, 0.4) is 0 Å². The van der Waals surface area contributed by atoms with E-state index in [-0.39, 0.29) is 18.1 Å². The van der Waals surface area contributed by atoms with Crippen molar-refractivity contribution in [3.63, 3.8) is 0 Å². The van der Waals surface area contributed by atoms with Gasteiger partial charge in [0.2, 0.25) is 0 Å². The van der Waals surface area contributed by atoms with Gasteiger partial charge in [-0.05, 0) is 46.8 Å². The van der Waals surface area contributed by atoms with E-state index in [9.17, 15) is 9.59 Å². The largest absolute Gasteiger partial charge is 0.497 e. The predicted molar refractivity (Wildman–Crippen MR) is 132 cm³/mol. The van der Waals surface area contributed by atoms with Crippen molar-refractivity contribution >= 4 is 16.9 Å². The molecule has 7 heteroatoms. The van der Waals surface area contributed by atoms with Crippen LogP contribution in [-0.2, 0) is 19.6 Å². The zero-order valence-corrected chi connectivity index (χ0v) is 19.2. The van der Waals surface area contributed by atoms with Crippen LogP contribution in [0.4, 0.5) is 4.79 Å². The zero-order valence-electron chi connectivity index (χ0n) is 19.2. The number of ether oxygens (including phenoxy) is 2. The molecule has 0 aliphatic rings. The number of aromatic amines is 1. The third kappa shape index (κ3) is 5.56. The fourth-order valence-electron chi connectivity index (χ4n) is 3.71. The summed E-state index contributed by atoms with van der Waals surface area (Å²) in [6.07, 6.45) is 0. The maximum absolute atomic E-state index is 13.2. The van der Waals surface area contributed by atoms with E-state index in [0.29, 0.717) is 29.9 Å². The second kappa shape index (κ2) is 10.6. The third-order valence-electron chi connectivity index (χ3n) is 5.60. The van der Waals surface area contributed by atoms with Gasteiger partial charge in [0.15, 0.2) is 0 Å². The summed E-state index contributed by atoms with van der Waals surface area (Å²) in [4.78, 5) is 30.5. The minimum absolute atomic E-state index is 0.157. The minimum atomic E-state index is -0.256. The van der Waals surface area contributed by atoms with Crippen LogP contribution < -0.4 is 20.3 Å². The second-order valence-corrected chi connectivity index (χ2v) is 7.93. The van der Waals surface area contributed by atoms with Crippen LogP contribution in [0.25, 0.3) is 10.9 Å². The SMILES string of the molecule is COc1ccc(CN(Cc2cc3ccc(OC)cc3[nH]c2=O)C(=O)NCc2ccccc2)cc1. The van der Waals surface area contributed by atoms with Gasteiger partial charge < -0.3 is 24.7 Å². The summed E-state index contributed by atoms with van der Waals surface area (Å²) >= 11 is 0. The van der Waals surface area contributed by atoms with E-state index in [4.69, 9.17) is 9.47 Å². The number of amides is 2. The summed E-state index contributed by atoms with van der Waals surface area (Å²) in [6, 6.07) is 24.3. The summed E-state index contributed by atoms with van der Waals surface area (Å²) in [5.74, 6) is 1.41. The van der Waals surface area contributed by atoms with Gasteiger partial charge in [-0.1, -0.05) is 42.5 Å². The van der Waals surface area contributed by atoms with Crippen LogP contribution in [0.2, 0.25) is 0 Å². The first-order valence-corrected chi connectivity index (χ1v) is 11.0. The molecule has 0 atom stereocenters. The molecular weight excluding hydrogens is 430 g/mol. The number of urea groups is 1. The van der Waals surface area contributed by atoms with Crippen molar-refractivity contribution in [1.29, 1.82) is 0 Å². The molecule has 0 unspecified atom stereocenters. The molecule has 4 aromatic rings. The van der Waals surface area contributed by atoms with Crippen LogP contribution in [-0.4, -0.2) is 30.1 Å². The van der Waals surface area contributed by atoms with E-state index in [0.717, 1.165) is 22.3 Å². The van der Waals surface area contributed by atoms with E-state index >= 15 is 0 Å². The molecule has 0 bridgehead atoms. The molecule has 34 heavy (non-hydrogen) atoms. The lowest BCUT2D eigenvalue weighted by Crippen LogP contribution is -2.39. The van der Waals surface area contributed by atoms with E-state index in [1.807, 2.05) is 72.8 Å². The van der Waals surface area contributed by atoms with Gasteiger partial charge in [-0.15, -0.1) is 0 Å². The molecule has 0 saturated heterocycles. The highest BCUT2D eigenvalue weighted by molar-refractivity contribution is 5.80. The second-order valence-electron chi connectivity index (χ2n) is 7.93. The Labute approximate surface area is 197 Å². The van der Waals surface area contributed by atoms with Gasteiger partial charge in [-0.3, -0.25) is 4.79 Å². The number of rotatable bonds is 8. The Morgan fingerprint density at radius 2 is 1.56 bits per heavy atom. The van der Waals surface area contributed by atoms with Crippen molar-refractivity contribution in [1.82, 2.24) is 15.2 Å². The van der Waals surface area contributed by atoms with Crippen LogP contribution in [0.5, 0.6) is 11.5 Å². The highest BCUT2D eigenvalue weighted by Gasteiger charge is 2.17. The van der Waals surface area contributed by atoms with Gasteiger partial charge >= 0.3 is 6.03 Å². The smallest absolute Gasteiger partial charge is 0.318 e. The summed E-state index contributed by atoms with van der Waals surface area (Å²) in [5.41, 5.74) is 2.87. The number of nitrogens with zero attached hydrogens (tertiary/aromatic N) is 1. The molecule has 1 aromatic heterocycles. The van der Waals surface area contributed by atoms with Crippen molar-refractivity contribution in [2.45, 2.75) is 19.6 Å². The Morgan fingerprint density at radius 3 is 2.26 bits per heavy atom. The maximum atomic E-state index is 13.2. The summed E-state index contributed by atoms with van der Waals surface area (Å²) in [7, 11) is 3.19. The molecule has 0 fully saturated rings. The zero-order chi connectivity index (χ0) is 23.9. The average Bonchev–Trinajstić information content (AvgIpc) is 2.88.